The number of hydrogen-bond acceptors (Lipinski definition) is 2. The highest BCUT2D eigenvalue weighted by atomic mass is 32.2. The van der Waals surface area contributed by atoms with E-state index < -0.39 is 5.97 Å². The standard InChI is InChI=1S/C14H17FO2S/c1-3-10(2)18-9-12-4-6-13(15)8-11(12)5-7-14(16)17/h4-8,10H,3,9H2,1-2H3,(H,16,17). The molecule has 98 valence electrons. The molecular weight excluding hydrogens is 251 g/mol. The molecule has 1 unspecified atom stereocenters. The molecule has 0 aromatic heterocycles. The van der Waals surface area contributed by atoms with Gasteiger partial charge in [-0.15, -0.1) is 0 Å². The highest BCUT2D eigenvalue weighted by Gasteiger charge is 2.05. The molecule has 18 heavy (non-hydrogen) atoms. The Labute approximate surface area is 111 Å². The number of thioether (sulfide) groups is 1. The quantitative estimate of drug-likeness (QED) is 0.794. The molecule has 0 aliphatic carbocycles. The summed E-state index contributed by atoms with van der Waals surface area (Å²) in [6, 6.07) is 4.49. The van der Waals surface area contributed by atoms with Crippen molar-refractivity contribution in [2.24, 2.45) is 0 Å². The Hall–Kier alpha value is -1.29. The van der Waals surface area contributed by atoms with Crippen molar-refractivity contribution in [2.75, 3.05) is 0 Å². The second-order valence-corrected chi connectivity index (χ2v) is 5.47. The number of carboxylic acid groups (broad SMARTS) is 1. The van der Waals surface area contributed by atoms with E-state index in [9.17, 15) is 9.18 Å². The third-order valence-corrected chi connectivity index (χ3v) is 3.99. The number of hydrogen-bond donors (Lipinski definition) is 1. The molecular formula is C14H17FO2S. The molecule has 1 N–H and O–H groups in total. The summed E-state index contributed by atoms with van der Waals surface area (Å²) in [6.07, 6.45) is 3.55. The van der Waals surface area contributed by atoms with Gasteiger partial charge in [0, 0.05) is 17.1 Å². The van der Waals surface area contributed by atoms with Crippen LogP contribution < -0.4 is 0 Å². The van der Waals surface area contributed by atoms with Gasteiger partial charge >= 0.3 is 5.97 Å². The molecule has 0 radical (unpaired) electrons. The largest absolute Gasteiger partial charge is 0.478 e. The van der Waals surface area contributed by atoms with Gasteiger partial charge in [0.1, 0.15) is 5.82 Å². The summed E-state index contributed by atoms with van der Waals surface area (Å²) in [6.45, 7) is 4.26. The normalized spacial score (nSPS) is 12.8. The number of rotatable bonds is 6. The Kier molecular flexibility index (Phi) is 5.92. The van der Waals surface area contributed by atoms with Gasteiger partial charge in [0.25, 0.3) is 0 Å². The maximum atomic E-state index is 13.1. The van der Waals surface area contributed by atoms with Gasteiger partial charge in [-0.25, -0.2) is 9.18 Å². The first-order chi connectivity index (χ1) is 8.52. The van der Waals surface area contributed by atoms with Crippen LogP contribution >= 0.6 is 11.8 Å². The number of carbonyl (C=O) groups is 1. The van der Waals surface area contributed by atoms with Gasteiger partial charge in [-0.05, 0) is 35.8 Å². The van der Waals surface area contributed by atoms with Crippen molar-refractivity contribution in [3.63, 3.8) is 0 Å². The van der Waals surface area contributed by atoms with Crippen molar-refractivity contribution in [1.82, 2.24) is 0 Å². The first-order valence-corrected chi connectivity index (χ1v) is 6.88. The molecule has 0 heterocycles. The third-order valence-electron chi connectivity index (χ3n) is 2.61. The lowest BCUT2D eigenvalue weighted by atomic mass is 10.1. The third kappa shape index (κ3) is 4.92. The second kappa shape index (κ2) is 7.21. The van der Waals surface area contributed by atoms with Gasteiger partial charge in [0.05, 0.1) is 0 Å². The van der Waals surface area contributed by atoms with E-state index in [1.165, 1.54) is 18.2 Å². The summed E-state index contributed by atoms with van der Waals surface area (Å²) < 4.78 is 13.1. The summed E-state index contributed by atoms with van der Waals surface area (Å²) in [4.78, 5) is 10.5. The lowest BCUT2D eigenvalue weighted by Crippen LogP contribution is -1.96. The Bertz CT molecular complexity index is 443. The molecule has 0 amide bonds. The van der Waals surface area contributed by atoms with Gasteiger partial charge in [0.2, 0.25) is 0 Å². The van der Waals surface area contributed by atoms with Gasteiger partial charge < -0.3 is 5.11 Å². The molecule has 0 saturated carbocycles. The minimum atomic E-state index is -1.03. The number of halogens is 1. The molecule has 0 fully saturated rings. The van der Waals surface area contributed by atoms with Crippen LogP contribution in [0.4, 0.5) is 4.39 Å². The predicted molar refractivity (Wildman–Crippen MR) is 74.1 cm³/mol. The lowest BCUT2D eigenvalue weighted by molar-refractivity contribution is -0.131. The maximum absolute atomic E-state index is 13.1. The van der Waals surface area contributed by atoms with Crippen molar-refractivity contribution in [1.29, 1.82) is 0 Å². The van der Waals surface area contributed by atoms with Gasteiger partial charge in [-0.1, -0.05) is 19.9 Å². The highest BCUT2D eigenvalue weighted by Crippen LogP contribution is 2.23. The van der Waals surface area contributed by atoms with Crippen LogP contribution in [-0.4, -0.2) is 16.3 Å². The monoisotopic (exact) mass is 268 g/mol. The fourth-order valence-corrected chi connectivity index (χ4v) is 2.33. The van der Waals surface area contributed by atoms with Crippen molar-refractivity contribution in [2.45, 2.75) is 31.3 Å². The fourth-order valence-electron chi connectivity index (χ4n) is 1.36. The Balaban J connectivity index is 2.86. The molecule has 1 aromatic rings. The summed E-state index contributed by atoms with van der Waals surface area (Å²) >= 11 is 1.78. The second-order valence-electron chi connectivity index (χ2n) is 4.04. The van der Waals surface area contributed by atoms with E-state index in [4.69, 9.17) is 5.11 Å². The Morgan fingerprint density at radius 2 is 2.28 bits per heavy atom. The van der Waals surface area contributed by atoms with Crippen molar-refractivity contribution < 1.29 is 14.3 Å². The molecule has 0 spiro atoms. The summed E-state index contributed by atoms with van der Waals surface area (Å²) in [5, 5.41) is 9.14. The van der Waals surface area contributed by atoms with E-state index in [1.807, 2.05) is 0 Å². The van der Waals surface area contributed by atoms with Crippen molar-refractivity contribution in [3.05, 3.63) is 41.2 Å². The van der Waals surface area contributed by atoms with Crippen molar-refractivity contribution >= 4 is 23.8 Å². The van der Waals surface area contributed by atoms with E-state index in [2.05, 4.69) is 13.8 Å². The van der Waals surface area contributed by atoms with Crippen LogP contribution in [0.15, 0.2) is 24.3 Å². The predicted octanol–water partition coefficient (Wildman–Crippen LogP) is 3.96. The van der Waals surface area contributed by atoms with Crippen LogP contribution in [0.1, 0.15) is 31.4 Å². The lowest BCUT2D eigenvalue weighted by Gasteiger charge is -2.10. The minimum Gasteiger partial charge on any atom is -0.478 e. The molecule has 0 bridgehead atoms. The van der Waals surface area contributed by atoms with Crippen LogP contribution in [0.3, 0.4) is 0 Å². The molecule has 2 nitrogen and oxygen atoms in total. The first kappa shape index (κ1) is 14.8. The molecule has 1 atom stereocenters. The van der Waals surface area contributed by atoms with Gasteiger partial charge in [-0.2, -0.15) is 11.8 Å². The zero-order valence-corrected chi connectivity index (χ0v) is 11.3. The van der Waals surface area contributed by atoms with E-state index >= 15 is 0 Å². The Morgan fingerprint density at radius 3 is 2.89 bits per heavy atom. The summed E-state index contributed by atoms with van der Waals surface area (Å²) in [5.74, 6) is -0.619. The summed E-state index contributed by atoms with van der Waals surface area (Å²) in [7, 11) is 0. The van der Waals surface area contributed by atoms with E-state index in [1.54, 1.807) is 17.8 Å². The van der Waals surface area contributed by atoms with Gasteiger partial charge in [0.15, 0.2) is 0 Å². The smallest absolute Gasteiger partial charge is 0.328 e. The number of carboxylic acids is 1. The number of aliphatic carboxylic acids is 1. The zero-order chi connectivity index (χ0) is 13.5. The van der Waals surface area contributed by atoms with Gasteiger partial charge in [-0.3, -0.25) is 0 Å². The van der Waals surface area contributed by atoms with Crippen LogP contribution in [0.25, 0.3) is 6.08 Å². The first-order valence-electron chi connectivity index (χ1n) is 5.84. The SMILES string of the molecule is CCC(C)SCc1ccc(F)cc1C=CC(=O)O. The van der Waals surface area contributed by atoms with E-state index in [-0.39, 0.29) is 5.82 Å². The summed E-state index contributed by atoms with van der Waals surface area (Å²) in [5.41, 5.74) is 1.59. The molecule has 0 aliphatic heterocycles. The van der Waals surface area contributed by atoms with E-state index in [0.29, 0.717) is 10.8 Å². The molecule has 4 heteroatoms. The number of benzene rings is 1. The molecule has 0 aliphatic rings. The molecule has 0 saturated heterocycles. The van der Waals surface area contributed by atoms with Crippen LogP contribution in [0, 0.1) is 5.82 Å². The molecule has 1 rings (SSSR count). The van der Waals surface area contributed by atoms with E-state index in [0.717, 1.165) is 23.8 Å². The average Bonchev–Trinajstić information content (AvgIpc) is 2.34. The highest BCUT2D eigenvalue weighted by molar-refractivity contribution is 7.99. The topological polar surface area (TPSA) is 37.3 Å². The van der Waals surface area contributed by atoms with Crippen LogP contribution in [-0.2, 0) is 10.5 Å². The fraction of sp³-hybridized carbons (Fsp3) is 0.357. The molecule has 1 aromatic carbocycles. The van der Waals surface area contributed by atoms with Crippen LogP contribution in [0.2, 0.25) is 0 Å². The average molecular weight is 268 g/mol. The minimum absolute atomic E-state index is 0.350. The van der Waals surface area contributed by atoms with Crippen molar-refractivity contribution in [3.8, 4) is 0 Å². The van der Waals surface area contributed by atoms with Crippen LogP contribution in [0.5, 0.6) is 0 Å². The maximum Gasteiger partial charge on any atom is 0.328 e. The zero-order valence-electron chi connectivity index (χ0n) is 10.5. The Morgan fingerprint density at radius 1 is 1.56 bits per heavy atom.